The number of nitrogens with one attached hydrogen (secondary N) is 1. The minimum Gasteiger partial charge on any atom is -0.279 e. The van der Waals surface area contributed by atoms with Gasteiger partial charge >= 0.3 is 7.59 Å². The van der Waals surface area contributed by atoms with Gasteiger partial charge in [0.15, 0.2) is 0 Å². The minimum atomic E-state index is -3.54. The predicted octanol–water partition coefficient (Wildman–Crippen LogP) is 1.16. The van der Waals surface area contributed by atoms with Crippen LogP contribution in [0.2, 0.25) is 4.34 Å². The maximum atomic E-state index is 11.2. The Kier molecular flexibility index (Phi) is 3.10. The van der Waals surface area contributed by atoms with Gasteiger partial charge in [0.2, 0.25) is 0 Å². The first-order chi connectivity index (χ1) is 5.90. The van der Waals surface area contributed by atoms with E-state index in [2.05, 4.69) is 0 Å². The molecule has 0 radical (unpaired) electrons. The Bertz CT molecular complexity index is 374. The minimum absolute atomic E-state index is 0.225. The average molecular weight is 240 g/mol. The highest BCUT2D eigenvalue weighted by molar-refractivity contribution is 7.57. The number of nitrogens with two attached hydrogens (primary N) is 2. The number of carbonyl (C=O) groups is 1. The number of hydrogen-bond acceptors (Lipinski definition) is 3. The molecular weight excluding hydrogens is 233 g/mol. The van der Waals surface area contributed by atoms with Gasteiger partial charge in [-0.2, -0.15) is 0 Å². The van der Waals surface area contributed by atoms with Crippen LogP contribution in [0.4, 0.5) is 0 Å². The highest BCUT2D eigenvalue weighted by Crippen LogP contribution is 2.25. The number of rotatable bonds is 2. The second-order valence-electron chi connectivity index (χ2n) is 2.26. The monoisotopic (exact) mass is 239 g/mol. The van der Waals surface area contributed by atoms with E-state index in [9.17, 15) is 9.36 Å². The van der Waals surface area contributed by atoms with Crippen molar-refractivity contribution < 1.29 is 9.36 Å². The van der Waals surface area contributed by atoms with E-state index in [1.165, 1.54) is 17.4 Å². The van der Waals surface area contributed by atoms with Gasteiger partial charge in [-0.1, -0.05) is 11.6 Å². The van der Waals surface area contributed by atoms with E-state index in [1.807, 2.05) is 5.09 Å². The van der Waals surface area contributed by atoms with E-state index in [-0.39, 0.29) is 5.56 Å². The Morgan fingerprint density at radius 1 is 1.62 bits per heavy atom. The van der Waals surface area contributed by atoms with Crippen LogP contribution in [0.1, 0.15) is 10.4 Å². The molecule has 1 heterocycles. The van der Waals surface area contributed by atoms with E-state index >= 15 is 0 Å². The van der Waals surface area contributed by atoms with Crippen LogP contribution in [-0.2, 0) is 4.57 Å². The zero-order chi connectivity index (χ0) is 10.1. The predicted molar refractivity (Wildman–Crippen MR) is 52.8 cm³/mol. The van der Waals surface area contributed by atoms with Gasteiger partial charge in [-0.15, -0.1) is 11.3 Å². The summed E-state index contributed by atoms with van der Waals surface area (Å²) in [5.41, 5.74) is 10.1. The lowest BCUT2D eigenvalue weighted by Gasteiger charge is -2.07. The first-order valence-corrected chi connectivity index (χ1v) is 6.23. The number of thiophene rings is 1. The summed E-state index contributed by atoms with van der Waals surface area (Å²) in [5, 5.41) is 3.59. The molecule has 5 nitrogen and oxygen atoms in total. The Morgan fingerprint density at radius 3 is 2.62 bits per heavy atom. The second kappa shape index (κ2) is 3.77. The van der Waals surface area contributed by atoms with Crippen LogP contribution in [0, 0.1) is 0 Å². The number of hydrogen-bond donors (Lipinski definition) is 3. The zero-order valence-corrected chi connectivity index (χ0v) is 8.83. The van der Waals surface area contributed by atoms with Crippen LogP contribution in [0.3, 0.4) is 0 Å². The standard InChI is InChI=1S/C5H7ClN3O2PS/c6-4-3(1-2-13-4)5(10)9-12(7,8)11/h1-2H,(H5,7,8,9,10,11). The maximum Gasteiger partial charge on any atom is 0.300 e. The molecule has 1 amide bonds. The van der Waals surface area contributed by atoms with Crippen molar-refractivity contribution in [3.8, 4) is 0 Å². The summed E-state index contributed by atoms with van der Waals surface area (Å²) < 4.78 is 11.1. The third kappa shape index (κ3) is 3.10. The fraction of sp³-hybridized carbons (Fsp3) is 0. The molecule has 0 aliphatic carbocycles. The summed E-state index contributed by atoms with van der Waals surface area (Å²) in [6, 6.07) is 1.50. The highest BCUT2D eigenvalue weighted by Gasteiger charge is 2.17. The Balaban J connectivity index is 2.82. The molecule has 1 aromatic heterocycles. The number of amides is 1. The van der Waals surface area contributed by atoms with Crippen molar-refractivity contribution in [3.63, 3.8) is 0 Å². The molecule has 0 aromatic carbocycles. The van der Waals surface area contributed by atoms with Crippen molar-refractivity contribution in [2.45, 2.75) is 0 Å². The summed E-state index contributed by atoms with van der Waals surface area (Å²) in [5.74, 6) is -0.625. The molecule has 13 heavy (non-hydrogen) atoms. The Hall–Kier alpha value is -0.390. The van der Waals surface area contributed by atoms with Crippen LogP contribution in [0.25, 0.3) is 0 Å². The fourth-order valence-electron chi connectivity index (χ4n) is 0.675. The van der Waals surface area contributed by atoms with Crippen molar-refractivity contribution >= 4 is 36.4 Å². The molecule has 1 aromatic rings. The van der Waals surface area contributed by atoms with Crippen molar-refractivity contribution in [1.29, 1.82) is 0 Å². The van der Waals surface area contributed by atoms with Crippen LogP contribution >= 0.6 is 30.5 Å². The van der Waals surface area contributed by atoms with Crippen molar-refractivity contribution in [3.05, 3.63) is 21.3 Å². The van der Waals surface area contributed by atoms with E-state index in [0.29, 0.717) is 4.34 Å². The van der Waals surface area contributed by atoms with Gasteiger partial charge in [0, 0.05) is 0 Å². The lowest BCUT2D eigenvalue weighted by Crippen LogP contribution is -2.28. The van der Waals surface area contributed by atoms with Gasteiger partial charge in [0.25, 0.3) is 5.91 Å². The van der Waals surface area contributed by atoms with E-state index < -0.39 is 13.5 Å². The SMILES string of the molecule is NP(N)(=O)NC(=O)c1ccsc1Cl. The molecule has 0 unspecified atom stereocenters. The highest BCUT2D eigenvalue weighted by atomic mass is 35.5. The number of halogens is 1. The molecule has 0 spiro atoms. The Morgan fingerprint density at radius 2 is 2.23 bits per heavy atom. The Labute approximate surface area is 83.6 Å². The molecule has 0 fully saturated rings. The van der Waals surface area contributed by atoms with Crippen molar-refractivity contribution in [1.82, 2.24) is 5.09 Å². The van der Waals surface area contributed by atoms with Gasteiger partial charge in [0.05, 0.1) is 5.56 Å². The second-order valence-corrected chi connectivity index (χ2v) is 5.42. The quantitative estimate of drug-likeness (QED) is 0.675. The topological polar surface area (TPSA) is 98.2 Å². The molecule has 0 saturated heterocycles. The average Bonchev–Trinajstić information content (AvgIpc) is 2.30. The van der Waals surface area contributed by atoms with Crippen LogP contribution in [-0.4, -0.2) is 5.91 Å². The molecule has 0 saturated carbocycles. The molecule has 0 aliphatic rings. The molecule has 0 aliphatic heterocycles. The van der Waals surface area contributed by atoms with Crippen LogP contribution in [0.15, 0.2) is 11.4 Å². The van der Waals surface area contributed by atoms with Gasteiger partial charge in [-0.25, -0.2) is 0 Å². The molecule has 5 N–H and O–H groups in total. The summed E-state index contributed by atoms with van der Waals surface area (Å²) in [7, 11) is -3.54. The third-order valence-corrected chi connectivity index (χ3v) is 2.86. The molecule has 0 bridgehead atoms. The summed E-state index contributed by atoms with van der Waals surface area (Å²) in [6.45, 7) is 0. The summed E-state index contributed by atoms with van der Waals surface area (Å²) in [4.78, 5) is 11.2. The molecule has 72 valence electrons. The molecule has 8 heteroatoms. The van der Waals surface area contributed by atoms with E-state index in [4.69, 9.17) is 22.6 Å². The maximum absolute atomic E-state index is 11.2. The zero-order valence-electron chi connectivity index (χ0n) is 6.36. The lowest BCUT2D eigenvalue weighted by molar-refractivity contribution is 0.0981. The first-order valence-electron chi connectivity index (χ1n) is 3.13. The smallest absolute Gasteiger partial charge is 0.279 e. The normalized spacial score (nSPS) is 11.3. The van der Waals surface area contributed by atoms with Gasteiger partial charge < -0.3 is 0 Å². The van der Waals surface area contributed by atoms with Crippen molar-refractivity contribution in [2.24, 2.45) is 11.0 Å². The first kappa shape index (κ1) is 10.7. The largest absolute Gasteiger partial charge is 0.300 e. The molecule has 1 rings (SSSR count). The lowest BCUT2D eigenvalue weighted by atomic mass is 10.3. The molecule has 0 atom stereocenters. The van der Waals surface area contributed by atoms with E-state index in [0.717, 1.165) is 0 Å². The van der Waals surface area contributed by atoms with Crippen molar-refractivity contribution in [2.75, 3.05) is 0 Å². The van der Waals surface area contributed by atoms with Crippen LogP contribution < -0.4 is 16.1 Å². The van der Waals surface area contributed by atoms with Gasteiger partial charge in [0.1, 0.15) is 4.34 Å². The molecular formula is C5H7ClN3O2PS. The fourth-order valence-corrected chi connectivity index (χ4v) is 2.03. The summed E-state index contributed by atoms with van der Waals surface area (Å²) >= 11 is 6.84. The van der Waals surface area contributed by atoms with E-state index in [1.54, 1.807) is 5.38 Å². The van der Waals surface area contributed by atoms with Gasteiger partial charge in [-0.05, 0) is 11.4 Å². The number of carbonyl (C=O) groups excluding carboxylic acids is 1. The van der Waals surface area contributed by atoms with Gasteiger partial charge in [-0.3, -0.25) is 25.5 Å². The third-order valence-electron chi connectivity index (χ3n) is 1.14. The summed E-state index contributed by atoms with van der Waals surface area (Å²) in [6.07, 6.45) is 0. The van der Waals surface area contributed by atoms with Crippen LogP contribution in [0.5, 0.6) is 0 Å².